The average molecular weight is 401 g/mol. The Hall–Kier alpha value is -2.66. The van der Waals surface area contributed by atoms with Crippen LogP contribution < -0.4 is 14.4 Å². The summed E-state index contributed by atoms with van der Waals surface area (Å²) in [6, 6.07) is 13.9. The number of piperazine rings is 1. The van der Waals surface area contributed by atoms with Crippen molar-refractivity contribution in [2.45, 2.75) is 6.92 Å². The second-order valence-electron chi connectivity index (χ2n) is 6.45. The number of methoxy groups -OCH3 is 1. The fourth-order valence-electron chi connectivity index (χ4n) is 3.22. The fourth-order valence-corrected chi connectivity index (χ4v) is 3.49. The van der Waals surface area contributed by atoms with Gasteiger partial charge in [0.05, 0.1) is 18.7 Å². The van der Waals surface area contributed by atoms with Crippen LogP contribution in [0, 0.1) is 0 Å². The maximum absolute atomic E-state index is 12.6. The highest BCUT2D eigenvalue weighted by atomic mass is 35.5. The molecule has 148 valence electrons. The van der Waals surface area contributed by atoms with E-state index in [0.717, 1.165) is 18.7 Å². The maximum Gasteiger partial charge on any atom is 0.246 e. The Morgan fingerprint density at radius 2 is 1.86 bits per heavy atom. The third-order valence-electron chi connectivity index (χ3n) is 4.67. The monoisotopic (exact) mass is 400 g/mol. The zero-order chi connectivity index (χ0) is 19.9. The summed E-state index contributed by atoms with van der Waals surface area (Å²) in [4.78, 5) is 16.7. The summed E-state index contributed by atoms with van der Waals surface area (Å²) in [6.07, 6.45) is 3.35. The van der Waals surface area contributed by atoms with Crippen LogP contribution in [0.1, 0.15) is 12.5 Å². The Kier molecular flexibility index (Phi) is 6.82. The van der Waals surface area contributed by atoms with Gasteiger partial charge in [0.15, 0.2) is 11.5 Å². The first-order valence-electron chi connectivity index (χ1n) is 9.39. The van der Waals surface area contributed by atoms with Gasteiger partial charge in [-0.25, -0.2) is 0 Å². The number of carbonyl (C=O) groups excluding carboxylic acids is 1. The molecule has 0 atom stereocenters. The first kappa shape index (κ1) is 20.1. The summed E-state index contributed by atoms with van der Waals surface area (Å²) >= 11 is 6.29. The molecule has 5 nitrogen and oxygen atoms in total. The van der Waals surface area contributed by atoms with Crippen molar-refractivity contribution >= 4 is 29.3 Å². The van der Waals surface area contributed by atoms with Crippen molar-refractivity contribution in [2.75, 3.05) is 44.8 Å². The van der Waals surface area contributed by atoms with Gasteiger partial charge in [0.2, 0.25) is 5.91 Å². The maximum atomic E-state index is 12.6. The molecule has 6 heteroatoms. The van der Waals surface area contributed by atoms with Gasteiger partial charge in [-0.3, -0.25) is 4.79 Å². The Morgan fingerprint density at radius 3 is 2.50 bits per heavy atom. The molecule has 28 heavy (non-hydrogen) atoms. The Morgan fingerprint density at radius 1 is 1.14 bits per heavy atom. The van der Waals surface area contributed by atoms with Gasteiger partial charge >= 0.3 is 0 Å². The highest BCUT2D eigenvalue weighted by Crippen LogP contribution is 2.36. The first-order valence-corrected chi connectivity index (χ1v) is 9.77. The molecular weight excluding hydrogens is 376 g/mol. The van der Waals surface area contributed by atoms with E-state index in [2.05, 4.69) is 17.0 Å². The summed E-state index contributed by atoms with van der Waals surface area (Å²) in [5.41, 5.74) is 1.99. The van der Waals surface area contributed by atoms with Gasteiger partial charge in [-0.1, -0.05) is 29.8 Å². The van der Waals surface area contributed by atoms with Crippen LogP contribution in [0.2, 0.25) is 5.02 Å². The highest BCUT2D eigenvalue weighted by molar-refractivity contribution is 6.32. The normalized spacial score (nSPS) is 14.4. The molecular formula is C22H25ClN2O3. The Bertz CT molecular complexity index is 831. The van der Waals surface area contributed by atoms with E-state index in [-0.39, 0.29) is 5.91 Å². The lowest BCUT2D eigenvalue weighted by molar-refractivity contribution is -0.126. The van der Waals surface area contributed by atoms with Crippen molar-refractivity contribution in [3.05, 3.63) is 59.1 Å². The van der Waals surface area contributed by atoms with Crippen molar-refractivity contribution in [1.29, 1.82) is 0 Å². The van der Waals surface area contributed by atoms with Gasteiger partial charge in [0.25, 0.3) is 0 Å². The van der Waals surface area contributed by atoms with Gasteiger partial charge in [-0.15, -0.1) is 0 Å². The lowest BCUT2D eigenvalue weighted by Crippen LogP contribution is -2.48. The van der Waals surface area contributed by atoms with E-state index < -0.39 is 0 Å². The topological polar surface area (TPSA) is 42.0 Å². The minimum atomic E-state index is -0.00307. The van der Waals surface area contributed by atoms with Gasteiger partial charge in [0.1, 0.15) is 0 Å². The molecule has 1 amide bonds. The van der Waals surface area contributed by atoms with Crippen molar-refractivity contribution in [3.8, 4) is 11.5 Å². The summed E-state index contributed by atoms with van der Waals surface area (Å²) < 4.78 is 10.9. The van der Waals surface area contributed by atoms with Crippen LogP contribution in [-0.2, 0) is 4.79 Å². The smallest absolute Gasteiger partial charge is 0.246 e. The van der Waals surface area contributed by atoms with Crippen molar-refractivity contribution in [2.24, 2.45) is 0 Å². The zero-order valence-electron chi connectivity index (χ0n) is 16.2. The Labute approximate surface area is 171 Å². The zero-order valence-corrected chi connectivity index (χ0v) is 17.0. The lowest BCUT2D eigenvalue weighted by atomic mass is 10.1. The van der Waals surface area contributed by atoms with E-state index in [9.17, 15) is 4.79 Å². The van der Waals surface area contributed by atoms with E-state index in [1.165, 1.54) is 5.69 Å². The number of para-hydroxylation sites is 1. The largest absolute Gasteiger partial charge is 0.493 e. The fraction of sp³-hybridized carbons (Fsp3) is 0.318. The molecule has 0 aromatic heterocycles. The van der Waals surface area contributed by atoms with Gasteiger partial charge < -0.3 is 19.3 Å². The Balaban J connectivity index is 1.62. The molecule has 0 radical (unpaired) electrons. The molecule has 1 saturated heterocycles. The number of hydrogen-bond acceptors (Lipinski definition) is 4. The van der Waals surface area contributed by atoms with Gasteiger partial charge in [-0.05, 0) is 42.8 Å². The molecule has 0 spiro atoms. The predicted molar refractivity (Wildman–Crippen MR) is 113 cm³/mol. The van der Waals surface area contributed by atoms with E-state index >= 15 is 0 Å². The van der Waals surface area contributed by atoms with E-state index in [1.54, 1.807) is 25.3 Å². The number of hydrogen-bond donors (Lipinski definition) is 0. The molecule has 1 aliphatic heterocycles. The van der Waals surface area contributed by atoms with Crippen molar-refractivity contribution in [3.63, 3.8) is 0 Å². The first-order chi connectivity index (χ1) is 13.6. The lowest BCUT2D eigenvalue weighted by Gasteiger charge is -2.35. The van der Waals surface area contributed by atoms with Crippen LogP contribution in [0.4, 0.5) is 5.69 Å². The number of carbonyl (C=O) groups is 1. The summed E-state index contributed by atoms with van der Waals surface area (Å²) in [5, 5.41) is 0.463. The molecule has 0 N–H and O–H groups in total. The third-order valence-corrected chi connectivity index (χ3v) is 4.95. The van der Waals surface area contributed by atoms with Gasteiger partial charge in [0, 0.05) is 37.9 Å². The minimum Gasteiger partial charge on any atom is -0.493 e. The third kappa shape index (κ3) is 4.78. The molecule has 0 saturated carbocycles. The SMILES string of the molecule is CCOc1c(Cl)cc(/C=C/C(=O)N2CCN(c3ccccc3)CC2)cc1OC. The number of rotatable bonds is 6. The van der Waals surface area contributed by atoms with Crippen molar-refractivity contribution in [1.82, 2.24) is 4.90 Å². The summed E-state index contributed by atoms with van der Waals surface area (Å²) in [6.45, 7) is 5.44. The van der Waals surface area contributed by atoms with Crippen LogP contribution >= 0.6 is 11.6 Å². The number of benzene rings is 2. The molecule has 3 rings (SSSR count). The summed E-state index contributed by atoms with van der Waals surface area (Å²) in [7, 11) is 1.57. The highest BCUT2D eigenvalue weighted by Gasteiger charge is 2.19. The summed E-state index contributed by atoms with van der Waals surface area (Å²) in [5.74, 6) is 1.07. The van der Waals surface area contributed by atoms with E-state index in [0.29, 0.717) is 36.2 Å². The predicted octanol–water partition coefficient (Wildman–Crippen LogP) is 4.11. The van der Waals surface area contributed by atoms with E-state index in [1.807, 2.05) is 36.1 Å². The number of nitrogens with zero attached hydrogens (tertiary/aromatic N) is 2. The molecule has 2 aromatic carbocycles. The van der Waals surface area contributed by atoms with Crippen LogP contribution in [0.15, 0.2) is 48.5 Å². The van der Waals surface area contributed by atoms with Crippen LogP contribution in [-0.4, -0.2) is 50.7 Å². The minimum absolute atomic E-state index is 0.00307. The number of ether oxygens (including phenoxy) is 2. The van der Waals surface area contributed by atoms with E-state index in [4.69, 9.17) is 21.1 Å². The molecule has 0 aliphatic carbocycles. The molecule has 1 heterocycles. The number of anilines is 1. The molecule has 2 aromatic rings. The average Bonchev–Trinajstić information content (AvgIpc) is 2.74. The standard InChI is InChI=1S/C22H25ClN2O3/c1-3-28-22-19(23)15-17(16-20(22)27-2)9-10-21(26)25-13-11-24(12-14-25)18-7-5-4-6-8-18/h4-10,15-16H,3,11-14H2,1-2H3/b10-9+. The molecule has 0 unspecified atom stereocenters. The van der Waals surface area contributed by atoms with Crippen LogP contribution in [0.5, 0.6) is 11.5 Å². The molecule has 1 fully saturated rings. The van der Waals surface area contributed by atoms with Crippen LogP contribution in [0.3, 0.4) is 0 Å². The second kappa shape index (κ2) is 9.51. The van der Waals surface area contributed by atoms with Gasteiger partial charge in [-0.2, -0.15) is 0 Å². The van der Waals surface area contributed by atoms with Crippen molar-refractivity contribution < 1.29 is 14.3 Å². The second-order valence-corrected chi connectivity index (χ2v) is 6.86. The van der Waals surface area contributed by atoms with Crippen LogP contribution in [0.25, 0.3) is 6.08 Å². The number of halogens is 1. The molecule has 1 aliphatic rings. The quantitative estimate of drug-likeness (QED) is 0.684. The molecule has 0 bridgehead atoms. The number of amides is 1.